The number of pyridine rings is 1. The average Bonchev–Trinajstić information content (AvgIpc) is 2.99. The summed E-state index contributed by atoms with van der Waals surface area (Å²) in [5, 5.41) is 14.1. The van der Waals surface area contributed by atoms with Gasteiger partial charge in [-0.25, -0.2) is 10.2 Å². The molecule has 1 unspecified atom stereocenters. The normalized spacial score (nSPS) is 16.8. The number of carbonyl (C=O) groups is 1. The number of halogens is 1. The maximum atomic E-state index is 11.9. The van der Waals surface area contributed by atoms with Gasteiger partial charge in [-0.2, -0.15) is 0 Å². The number of hydrogen-bond acceptors (Lipinski definition) is 7. The molecule has 8 nitrogen and oxygen atoms in total. The summed E-state index contributed by atoms with van der Waals surface area (Å²) in [6.07, 6.45) is 2.88. The first-order valence-corrected chi connectivity index (χ1v) is 7.95. The Bertz CT molecular complexity index is 870. The Morgan fingerprint density at radius 1 is 1.48 bits per heavy atom. The Kier molecular flexibility index (Phi) is 4.82. The highest BCUT2D eigenvalue weighted by atomic mass is 35.5. The lowest BCUT2D eigenvalue weighted by molar-refractivity contribution is -0.428. The summed E-state index contributed by atoms with van der Waals surface area (Å²) in [5.74, 6) is -0.678. The minimum absolute atomic E-state index is 0.153. The van der Waals surface area contributed by atoms with Crippen LogP contribution in [0.15, 0.2) is 42.4 Å². The van der Waals surface area contributed by atoms with Crippen molar-refractivity contribution in [1.29, 1.82) is 0 Å². The molecule has 0 fully saturated rings. The van der Waals surface area contributed by atoms with Gasteiger partial charge in [-0.05, 0) is 30.7 Å². The lowest BCUT2D eigenvalue weighted by atomic mass is 10.1. The number of hydrogen-bond donors (Lipinski definition) is 1. The second-order valence-electron chi connectivity index (χ2n) is 5.43. The van der Waals surface area contributed by atoms with Crippen molar-refractivity contribution in [3.63, 3.8) is 0 Å². The van der Waals surface area contributed by atoms with E-state index in [9.17, 15) is 14.9 Å². The van der Waals surface area contributed by atoms with E-state index in [0.29, 0.717) is 11.6 Å². The summed E-state index contributed by atoms with van der Waals surface area (Å²) in [4.78, 5) is 26.7. The fourth-order valence-electron chi connectivity index (χ4n) is 2.60. The summed E-state index contributed by atoms with van der Waals surface area (Å²) in [7, 11) is 0. The summed E-state index contributed by atoms with van der Waals surface area (Å²) in [6.45, 7) is 2.13. The fourth-order valence-corrected chi connectivity index (χ4v) is 2.76. The van der Waals surface area contributed by atoms with Crippen LogP contribution in [0.4, 0.5) is 0 Å². The van der Waals surface area contributed by atoms with Crippen molar-refractivity contribution in [3.05, 3.63) is 63.1 Å². The van der Waals surface area contributed by atoms with Gasteiger partial charge >= 0.3 is 5.97 Å². The summed E-state index contributed by atoms with van der Waals surface area (Å²) in [6, 6.07) is 6.28. The molecule has 2 aromatic rings. The van der Waals surface area contributed by atoms with Crippen LogP contribution < -0.4 is 5.43 Å². The quantitative estimate of drug-likeness (QED) is 0.495. The third-order valence-corrected chi connectivity index (χ3v) is 3.88. The molecule has 1 aromatic carbocycles. The lowest BCUT2D eigenvalue weighted by Crippen LogP contribution is -2.42. The van der Waals surface area contributed by atoms with E-state index in [1.54, 1.807) is 19.2 Å². The molecule has 130 valence electrons. The van der Waals surface area contributed by atoms with Gasteiger partial charge in [0.25, 0.3) is 5.70 Å². The van der Waals surface area contributed by atoms with Crippen LogP contribution in [-0.2, 0) is 16.1 Å². The van der Waals surface area contributed by atoms with Gasteiger partial charge in [-0.15, -0.1) is 0 Å². The molecule has 0 aliphatic carbocycles. The molecular weight excluding hydrogens is 348 g/mol. The molecule has 2 heterocycles. The largest absolute Gasteiger partial charge is 0.464 e. The molecule has 0 spiro atoms. The van der Waals surface area contributed by atoms with Crippen LogP contribution in [0.2, 0.25) is 5.02 Å². The minimum Gasteiger partial charge on any atom is -0.464 e. The highest BCUT2D eigenvalue weighted by Gasteiger charge is 2.39. The number of aromatic nitrogens is 1. The Balaban J connectivity index is 1.81. The molecule has 0 radical (unpaired) electrons. The molecule has 9 heteroatoms. The zero-order chi connectivity index (χ0) is 18.0. The number of nitrogens with one attached hydrogen (secondary N) is 1. The molecule has 1 aliphatic rings. The Morgan fingerprint density at radius 2 is 2.28 bits per heavy atom. The lowest BCUT2D eigenvalue weighted by Gasteiger charge is -2.18. The molecule has 1 aromatic heterocycles. The number of ether oxygens (including phenoxy) is 1. The average molecular weight is 363 g/mol. The highest BCUT2D eigenvalue weighted by Crippen LogP contribution is 2.21. The van der Waals surface area contributed by atoms with Crippen molar-refractivity contribution in [2.45, 2.75) is 19.5 Å². The van der Waals surface area contributed by atoms with Crippen molar-refractivity contribution in [2.24, 2.45) is 0 Å². The third-order valence-electron chi connectivity index (χ3n) is 3.68. The number of carbonyl (C=O) groups excluding carboxylic acids is 1. The molecule has 0 saturated heterocycles. The van der Waals surface area contributed by atoms with E-state index >= 15 is 0 Å². The number of esters is 1. The van der Waals surface area contributed by atoms with Crippen molar-refractivity contribution in [2.75, 3.05) is 6.61 Å². The second-order valence-corrected chi connectivity index (χ2v) is 5.87. The molecule has 25 heavy (non-hydrogen) atoms. The van der Waals surface area contributed by atoms with E-state index in [1.165, 1.54) is 11.2 Å². The standard InChI is InChI=1S/C16H15ClN4O4/c1-2-25-16(22)15-14(21(23)24)9-20(19-15)8-10-3-4-13-11(5-10)6-12(17)7-18-13/h3-7,9,15,19H,2,8H2,1H3. The van der Waals surface area contributed by atoms with Gasteiger partial charge in [0.1, 0.15) is 0 Å². The Labute approximate surface area is 148 Å². The molecule has 3 rings (SSSR count). The van der Waals surface area contributed by atoms with Crippen molar-refractivity contribution in [3.8, 4) is 0 Å². The van der Waals surface area contributed by atoms with Crippen molar-refractivity contribution < 1.29 is 14.5 Å². The van der Waals surface area contributed by atoms with Gasteiger partial charge in [-0.1, -0.05) is 17.7 Å². The second kappa shape index (κ2) is 7.04. The van der Waals surface area contributed by atoms with Crippen LogP contribution in [0.3, 0.4) is 0 Å². The fraction of sp³-hybridized carbons (Fsp3) is 0.250. The van der Waals surface area contributed by atoms with E-state index in [-0.39, 0.29) is 12.3 Å². The summed E-state index contributed by atoms with van der Waals surface area (Å²) < 4.78 is 4.88. The van der Waals surface area contributed by atoms with Crippen molar-refractivity contribution >= 4 is 28.5 Å². The highest BCUT2D eigenvalue weighted by molar-refractivity contribution is 6.31. The van der Waals surface area contributed by atoms with Gasteiger partial charge < -0.3 is 9.75 Å². The first-order chi connectivity index (χ1) is 12.0. The van der Waals surface area contributed by atoms with Crippen LogP contribution in [0.25, 0.3) is 10.9 Å². The number of rotatable bonds is 5. The predicted octanol–water partition coefficient (Wildman–Crippen LogP) is 2.26. The van der Waals surface area contributed by atoms with Crippen LogP contribution in [0.1, 0.15) is 12.5 Å². The van der Waals surface area contributed by atoms with Crippen molar-refractivity contribution in [1.82, 2.24) is 15.4 Å². The summed E-state index contributed by atoms with van der Waals surface area (Å²) >= 11 is 5.96. The van der Waals surface area contributed by atoms with Gasteiger partial charge in [0, 0.05) is 11.6 Å². The van der Waals surface area contributed by atoms with E-state index in [0.717, 1.165) is 16.5 Å². The maximum absolute atomic E-state index is 11.9. The zero-order valence-corrected chi connectivity index (χ0v) is 14.1. The van der Waals surface area contributed by atoms with Crippen LogP contribution in [-0.4, -0.2) is 33.5 Å². The molecule has 0 amide bonds. The molecule has 0 bridgehead atoms. The Morgan fingerprint density at radius 3 is 3.00 bits per heavy atom. The molecule has 1 aliphatic heterocycles. The number of hydrazine groups is 1. The van der Waals surface area contributed by atoms with Crippen LogP contribution >= 0.6 is 11.6 Å². The smallest absolute Gasteiger partial charge is 0.336 e. The predicted molar refractivity (Wildman–Crippen MR) is 90.9 cm³/mol. The van der Waals surface area contributed by atoms with E-state index in [1.807, 2.05) is 18.2 Å². The Hall–Kier alpha value is -2.71. The monoisotopic (exact) mass is 362 g/mol. The van der Waals surface area contributed by atoms with Gasteiger partial charge in [0.05, 0.1) is 34.8 Å². The number of nitrogens with zero attached hydrogens (tertiary/aromatic N) is 3. The molecule has 0 saturated carbocycles. The van der Waals surface area contributed by atoms with Gasteiger partial charge in [0.15, 0.2) is 0 Å². The SMILES string of the molecule is CCOC(=O)C1NN(Cc2ccc3ncc(Cl)cc3c2)C=C1[N+](=O)[O-]. The van der Waals surface area contributed by atoms with Crippen LogP contribution in [0.5, 0.6) is 0 Å². The number of nitro groups is 1. The van der Waals surface area contributed by atoms with Gasteiger partial charge in [-0.3, -0.25) is 15.1 Å². The summed E-state index contributed by atoms with van der Waals surface area (Å²) in [5.41, 5.74) is 4.23. The third kappa shape index (κ3) is 3.70. The zero-order valence-electron chi connectivity index (χ0n) is 13.3. The maximum Gasteiger partial charge on any atom is 0.336 e. The molecular formula is C16H15ClN4O4. The van der Waals surface area contributed by atoms with Crippen LogP contribution in [0, 0.1) is 10.1 Å². The first-order valence-electron chi connectivity index (χ1n) is 7.57. The first kappa shape index (κ1) is 17.1. The molecule has 1 N–H and O–H groups in total. The van der Waals surface area contributed by atoms with E-state index < -0.39 is 16.9 Å². The van der Waals surface area contributed by atoms with E-state index in [2.05, 4.69) is 10.4 Å². The number of benzene rings is 1. The minimum atomic E-state index is -1.12. The number of fused-ring (bicyclic) bond motifs is 1. The van der Waals surface area contributed by atoms with Gasteiger partial charge in [0.2, 0.25) is 6.04 Å². The molecule has 1 atom stereocenters. The topological polar surface area (TPSA) is 97.6 Å². The van der Waals surface area contributed by atoms with E-state index in [4.69, 9.17) is 16.3 Å².